The van der Waals surface area contributed by atoms with Crippen molar-refractivity contribution in [3.05, 3.63) is 62.2 Å². The zero-order valence-electron chi connectivity index (χ0n) is 11.3. The molecule has 0 saturated carbocycles. The van der Waals surface area contributed by atoms with Gasteiger partial charge in [-0.25, -0.2) is 0 Å². The Morgan fingerprint density at radius 3 is 2.53 bits per heavy atom. The van der Waals surface area contributed by atoms with Crippen LogP contribution in [-0.2, 0) is 0 Å². The van der Waals surface area contributed by atoms with E-state index >= 15 is 0 Å². The summed E-state index contributed by atoms with van der Waals surface area (Å²) < 4.78 is 6.44. The summed E-state index contributed by atoms with van der Waals surface area (Å²) >= 11 is 2.28. The van der Waals surface area contributed by atoms with Crippen molar-refractivity contribution in [2.24, 2.45) is 0 Å². The van der Waals surface area contributed by atoms with Crippen LogP contribution in [0.2, 0.25) is 0 Å². The number of rotatable bonds is 3. The molecule has 1 N–H and O–H groups in total. The third-order valence-electron chi connectivity index (χ3n) is 3.20. The molecule has 0 heterocycles. The molecule has 0 aliphatic rings. The number of aliphatic hydroxyl groups excluding tert-OH is 1. The maximum atomic E-state index is 10.6. The number of hydrogen-bond acceptors (Lipinski definition) is 2. The van der Waals surface area contributed by atoms with Crippen molar-refractivity contribution < 1.29 is 9.84 Å². The smallest absolute Gasteiger partial charge is 0.125 e. The number of aliphatic hydroxyl groups is 1. The highest BCUT2D eigenvalue weighted by molar-refractivity contribution is 14.1. The van der Waals surface area contributed by atoms with E-state index in [4.69, 9.17) is 4.74 Å². The van der Waals surface area contributed by atoms with Gasteiger partial charge in [0.25, 0.3) is 0 Å². The largest absolute Gasteiger partial charge is 0.496 e. The van der Waals surface area contributed by atoms with Gasteiger partial charge in [0.1, 0.15) is 11.9 Å². The predicted molar refractivity (Wildman–Crippen MR) is 85.7 cm³/mol. The number of benzene rings is 2. The van der Waals surface area contributed by atoms with E-state index in [9.17, 15) is 5.11 Å². The Hall–Kier alpha value is -1.07. The minimum absolute atomic E-state index is 0.665. The van der Waals surface area contributed by atoms with E-state index in [1.807, 2.05) is 50.2 Å². The van der Waals surface area contributed by atoms with Gasteiger partial charge in [0.15, 0.2) is 0 Å². The lowest BCUT2D eigenvalue weighted by molar-refractivity contribution is 0.213. The number of halogens is 1. The summed E-state index contributed by atoms with van der Waals surface area (Å²) in [5.41, 5.74) is 4.01. The first-order valence-electron chi connectivity index (χ1n) is 6.12. The summed E-state index contributed by atoms with van der Waals surface area (Å²) in [5.74, 6) is 0.718. The SMILES string of the molecule is COc1ccc(C)cc1C(O)c1cccc(C)c1I. The molecule has 3 heteroatoms. The van der Waals surface area contributed by atoms with E-state index in [1.54, 1.807) is 7.11 Å². The van der Waals surface area contributed by atoms with Gasteiger partial charge in [0.05, 0.1) is 7.11 Å². The summed E-state index contributed by atoms with van der Waals surface area (Å²) in [6.07, 6.45) is -0.665. The van der Waals surface area contributed by atoms with Crippen LogP contribution in [-0.4, -0.2) is 12.2 Å². The van der Waals surface area contributed by atoms with E-state index in [0.717, 1.165) is 26.0 Å². The van der Waals surface area contributed by atoms with Gasteiger partial charge in [-0.15, -0.1) is 0 Å². The normalized spacial score (nSPS) is 12.3. The van der Waals surface area contributed by atoms with Crippen molar-refractivity contribution >= 4 is 22.6 Å². The van der Waals surface area contributed by atoms with Crippen LogP contribution < -0.4 is 4.74 Å². The average Bonchev–Trinajstić information content (AvgIpc) is 2.41. The van der Waals surface area contributed by atoms with Crippen LogP contribution in [0, 0.1) is 17.4 Å². The third kappa shape index (κ3) is 2.92. The summed E-state index contributed by atoms with van der Waals surface area (Å²) in [4.78, 5) is 0. The van der Waals surface area contributed by atoms with Crippen molar-refractivity contribution in [3.8, 4) is 5.75 Å². The number of aryl methyl sites for hydroxylation is 2. The molecule has 0 fully saturated rings. The molecule has 0 saturated heterocycles. The quantitative estimate of drug-likeness (QED) is 0.830. The van der Waals surface area contributed by atoms with Crippen LogP contribution in [0.3, 0.4) is 0 Å². The lowest BCUT2D eigenvalue weighted by atomic mass is 9.98. The highest BCUT2D eigenvalue weighted by Gasteiger charge is 2.18. The zero-order chi connectivity index (χ0) is 14.0. The van der Waals surface area contributed by atoms with E-state index in [2.05, 4.69) is 22.6 Å². The van der Waals surface area contributed by atoms with E-state index in [1.165, 1.54) is 5.56 Å². The van der Waals surface area contributed by atoms with E-state index in [0.29, 0.717) is 0 Å². The fourth-order valence-electron chi connectivity index (χ4n) is 2.12. The second-order valence-electron chi connectivity index (χ2n) is 4.63. The Kier molecular flexibility index (Phi) is 4.47. The molecule has 0 spiro atoms. The Labute approximate surface area is 127 Å². The fraction of sp³-hybridized carbons (Fsp3) is 0.250. The zero-order valence-corrected chi connectivity index (χ0v) is 13.4. The Morgan fingerprint density at radius 1 is 1.11 bits per heavy atom. The molecule has 0 aliphatic heterocycles. The van der Waals surface area contributed by atoms with Gasteiger partial charge in [0, 0.05) is 9.13 Å². The number of ether oxygens (including phenoxy) is 1. The average molecular weight is 368 g/mol. The molecule has 100 valence electrons. The maximum absolute atomic E-state index is 10.6. The molecule has 0 amide bonds. The van der Waals surface area contributed by atoms with Crippen molar-refractivity contribution in [1.29, 1.82) is 0 Å². The van der Waals surface area contributed by atoms with Gasteiger partial charge in [0.2, 0.25) is 0 Å². The Morgan fingerprint density at radius 2 is 1.84 bits per heavy atom. The first-order valence-corrected chi connectivity index (χ1v) is 7.20. The second kappa shape index (κ2) is 5.92. The number of hydrogen-bond donors (Lipinski definition) is 1. The van der Waals surface area contributed by atoms with E-state index in [-0.39, 0.29) is 0 Å². The molecule has 2 nitrogen and oxygen atoms in total. The van der Waals surface area contributed by atoms with E-state index < -0.39 is 6.10 Å². The predicted octanol–water partition coefficient (Wildman–Crippen LogP) is 4.00. The molecule has 2 aromatic carbocycles. The summed E-state index contributed by atoms with van der Waals surface area (Å²) in [7, 11) is 1.63. The fourth-order valence-corrected chi connectivity index (χ4v) is 2.77. The van der Waals surface area contributed by atoms with Crippen molar-refractivity contribution in [2.45, 2.75) is 20.0 Å². The molecule has 0 aliphatic carbocycles. The van der Waals surface area contributed by atoms with Crippen LogP contribution in [0.15, 0.2) is 36.4 Å². The third-order valence-corrected chi connectivity index (χ3v) is 4.67. The minimum Gasteiger partial charge on any atom is -0.496 e. The topological polar surface area (TPSA) is 29.5 Å². The monoisotopic (exact) mass is 368 g/mol. The molecule has 19 heavy (non-hydrogen) atoms. The molecule has 2 aromatic rings. The van der Waals surface area contributed by atoms with Crippen molar-refractivity contribution in [2.75, 3.05) is 7.11 Å². The molecule has 2 rings (SSSR count). The summed E-state index contributed by atoms with van der Waals surface area (Å²) in [6, 6.07) is 11.8. The van der Waals surface area contributed by atoms with Gasteiger partial charge in [-0.2, -0.15) is 0 Å². The summed E-state index contributed by atoms with van der Waals surface area (Å²) in [6.45, 7) is 4.06. The standard InChI is InChI=1S/C16H17IO2/c1-10-7-8-14(19-3)13(9-10)16(18)12-6-4-5-11(2)15(12)17/h4-9,16,18H,1-3H3. The highest BCUT2D eigenvalue weighted by Crippen LogP contribution is 2.33. The first kappa shape index (κ1) is 14.3. The molecule has 1 atom stereocenters. The van der Waals surface area contributed by atoms with Gasteiger partial charge >= 0.3 is 0 Å². The minimum atomic E-state index is -0.665. The van der Waals surface area contributed by atoms with Crippen LogP contribution in [0.4, 0.5) is 0 Å². The van der Waals surface area contributed by atoms with Crippen LogP contribution in [0.5, 0.6) is 5.75 Å². The molecule has 0 aromatic heterocycles. The molecular formula is C16H17IO2. The van der Waals surface area contributed by atoms with Gasteiger partial charge < -0.3 is 9.84 Å². The van der Waals surface area contributed by atoms with Gasteiger partial charge in [-0.05, 0) is 59.7 Å². The Bertz CT molecular complexity index is 593. The van der Waals surface area contributed by atoms with Gasteiger partial charge in [-0.1, -0.05) is 29.8 Å². The second-order valence-corrected chi connectivity index (χ2v) is 5.70. The van der Waals surface area contributed by atoms with Crippen molar-refractivity contribution in [3.63, 3.8) is 0 Å². The molecular weight excluding hydrogens is 351 g/mol. The lowest BCUT2D eigenvalue weighted by Gasteiger charge is -2.18. The number of methoxy groups -OCH3 is 1. The van der Waals surface area contributed by atoms with Crippen LogP contribution >= 0.6 is 22.6 Å². The van der Waals surface area contributed by atoms with Crippen molar-refractivity contribution in [1.82, 2.24) is 0 Å². The lowest BCUT2D eigenvalue weighted by Crippen LogP contribution is -2.05. The first-order chi connectivity index (χ1) is 9.04. The molecule has 0 bridgehead atoms. The molecule has 1 unspecified atom stereocenters. The summed E-state index contributed by atoms with van der Waals surface area (Å²) in [5, 5.41) is 10.6. The van der Waals surface area contributed by atoms with Crippen LogP contribution in [0.1, 0.15) is 28.4 Å². The van der Waals surface area contributed by atoms with Gasteiger partial charge in [-0.3, -0.25) is 0 Å². The van der Waals surface area contributed by atoms with Crippen LogP contribution in [0.25, 0.3) is 0 Å². The highest BCUT2D eigenvalue weighted by atomic mass is 127. The Balaban J connectivity index is 2.52. The maximum Gasteiger partial charge on any atom is 0.125 e. The molecule has 0 radical (unpaired) electrons.